The molecule has 19 heavy (non-hydrogen) atoms. The quantitative estimate of drug-likeness (QED) is 0.879. The summed E-state index contributed by atoms with van der Waals surface area (Å²) < 4.78 is 0. The third-order valence-corrected chi connectivity index (χ3v) is 5.13. The van der Waals surface area contributed by atoms with Gasteiger partial charge in [-0.15, -0.1) is 22.7 Å². The minimum absolute atomic E-state index is 0.392. The van der Waals surface area contributed by atoms with Gasteiger partial charge in [-0.3, -0.25) is 0 Å². The fourth-order valence-electron chi connectivity index (χ4n) is 2.04. The van der Waals surface area contributed by atoms with Gasteiger partial charge in [-0.2, -0.15) is 0 Å². The molecule has 0 saturated heterocycles. The summed E-state index contributed by atoms with van der Waals surface area (Å²) in [6.45, 7) is 9.61. The Bertz CT molecular complexity index is 531. The summed E-state index contributed by atoms with van der Waals surface area (Å²) in [4.78, 5) is 10.6. The number of hydrogen-bond acceptors (Lipinski definition) is 5. The molecular weight excluding hydrogens is 274 g/mol. The second-order valence-electron chi connectivity index (χ2n) is 4.77. The average Bonchev–Trinajstić information content (AvgIpc) is 2.93. The molecule has 2 aromatic rings. The molecular formula is C14H21N3S2. The molecule has 2 rings (SSSR count). The Morgan fingerprint density at radius 3 is 2.74 bits per heavy atom. The van der Waals surface area contributed by atoms with Gasteiger partial charge < -0.3 is 5.32 Å². The van der Waals surface area contributed by atoms with Gasteiger partial charge in [-0.1, -0.05) is 6.92 Å². The molecule has 0 aliphatic rings. The lowest BCUT2D eigenvalue weighted by Crippen LogP contribution is -2.18. The van der Waals surface area contributed by atoms with Crippen molar-refractivity contribution < 1.29 is 0 Å². The van der Waals surface area contributed by atoms with Crippen LogP contribution in [0.4, 0.5) is 0 Å². The summed E-state index contributed by atoms with van der Waals surface area (Å²) in [6.07, 6.45) is 2.02. The van der Waals surface area contributed by atoms with E-state index in [1.54, 1.807) is 11.3 Å². The molecule has 1 N–H and O–H groups in total. The maximum absolute atomic E-state index is 4.69. The van der Waals surface area contributed by atoms with Crippen molar-refractivity contribution in [1.82, 2.24) is 15.3 Å². The number of nitrogens with one attached hydrogen (secondary N) is 1. The number of thiazole rings is 2. The average molecular weight is 295 g/mol. The van der Waals surface area contributed by atoms with Crippen LogP contribution in [-0.4, -0.2) is 16.5 Å². The first-order valence-electron chi connectivity index (χ1n) is 6.70. The van der Waals surface area contributed by atoms with Crippen molar-refractivity contribution in [1.29, 1.82) is 0 Å². The number of aryl methyl sites for hydroxylation is 2. The number of nitrogens with zero attached hydrogens (tertiary/aromatic N) is 2. The van der Waals surface area contributed by atoms with Gasteiger partial charge in [0.25, 0.3) is 0 Å². The number of aromatic nitrogens is 2. The van der Waals surface area contributed by atoms with Crippen molar-refractivity contribution in [2.24, 2.45) is 0 Å². The van der Waals surface area contributed by atoms with E-state index in [1.807, 2.05) is 18.3 Å². The normalized spacial score (nSPS) is 12.8. The zero-order valence-electron chi connectivity index (χ0n) is 12.0. The van der Waals surface area contributed by atoms with Crippen LogP contribution in [0.5, 0.6) is 0 Å². The third-order valence-electron chi connectivity index (χ3n) is 2.97. The first kappa shape index (κ1) is 14.6. The van der Waals surface area contributed by atoms with Crippen molar-refractivity contribution in [3.05, 3.63) is 31.7 Å². The van der Waals surface area contributed by atoms with Crippen LogP contribution in [0.15, 0.2) is 5.38 Å². The minimum atomic E-state index is 0.392. The SMILES string of the molecule is CCCNC(C)c1sc(Cc2csc(C)n2)nc1C. The highest BCUT2D eigenvalue weighted by Crippen LogP contribution is 2.26. The largest absolute Gasteiger partial charge is 0.309 e. The first-order chi connectivity index (χ1) is 9.10. The standard InChI is InChI=1S/C14H21N3S2/c1-5-6-15-9(2)14-10(3)16-13(19-14)7-12-8-18-11(4)17-12/h8-9,15H,5-7H2,1-4H3. The van der Waals surface area contributed by atoms with E-state index in [4.69, 9.17) is 0 Å². The summed E-state index contributed by atoms with van der Waals surface area (Å²) in [7, 11) is 0. The molecule has 0 aliphatic heterocycles. The predicted molar refractivity (Wildman–Crippen MR) is 83.2 cm³/mol. The van der Waals surface area contributed by atoms with E-state index in [-0.39, 0.29) is 0 Å². The maximum atomic E-state index is 4.69. The summed E-state index contributed by atoms with van der Waals surface area (Å²) in [5.74, 6) is 0. The van der Waals surface area contributed by atoms with Crippen molar-refractivity contribution in [2.45, 2.75) is 46.6 Å². The van der Waals surface area contributed by atoms with Gasteiger partial charge >= 0.3 is 0 Å². The molecule has 3 nitrogen and oxygen atoms in total. The minimum Gasteiger partial charge on any atom is -0.309 e. The van der Waals surface area contributed by atoms with Crippen LogP contribution in [0.2, 0.25) is 0 Å². The summed E-state index contributed by atoms with van der Waals surface area (Å²) in [5.41, 5.74) is 2.29. The molecule has 0 bridgehead atoms. The van der Waals surface area contributed by atoms with Crippen LogP contribution >= 0.6 is 22.7 Å². The fraction of sp³-hybridized carbons (Fsp3) is 0.571. The Morgan fingerprint density at radius 1 is 1.32 bits per heavy atom. The second-order valence-corrected chi connectivity index (χ2v) is 6.95. The molecule has 1 atom stereocenters. The molecule has 1 unspecified atom stereocenters. The number of hydrogen-bond donors (Lipinski definition) is 1. The Labute approximate surface area is 123 Å². The molecule has 5 heteroatoms. The topological polar surface area (TPSA) is 37.8 Å². The molecule has 0 radical (unpaired) electrons. The highest BCUT2D eigenvalue weighted by molar-refractivity contribution is 7.12. The van der Waals surface area contributed by atoms with E-state index in [0.29, 0.717) is 6.04 Å². The van der Waals surface area contributed by atoms with Crippen molar-refractivity contribution >= 4 is 22.7 Å². The van der Waals surface area contributed by atoms with Gasteiger partial charge in [0, 0.05) is 22.7 Å². The zero-order chi connectivity index (χ0) is 13.8. The smallest absolute Gasteiger partial charge is 0.0991 e. The highest BCUT2D eigenvalue weighted by Gasteiger charge is 2.14. The molecule has 104 valence electrons. The van der Waals surface area contributed by atoms with Crippen LogP contribution in [0.1, 0.15) is 52.6 Å². The van der Waals surface area contributed by atoms with Gasteiger partial charge in [0.15, 0.2) is 0 Å². The van der Waals surface area contributed by atoms with Crippen LogP contribution < -0.4 is 5.32 Å². The maximum Gasteiger partial charge on any atom is 0.0991 e. The van der Waals surface area contributed by atoms with E-state index in [9.17, 15) is 0 Å². The molecule has 0 aliphatic carbocycles. The van der Waals surface area contributed by atoms with Crippen LogP contribution in [0.3, 0.4) is 0 Å². The molecule has 0 amide bonds. The van der Waals surface area contributed by atoms with E-state index >= 15 is 0 Å². The lowest BCUT2D eigenvalue weighted by atomic mass is 10.2. The Morgan fingerprint density at radius 2 is 2.11 bits per heavy atom. The van der Waals surface area contributed by atoms with Crippen molar-refractivity contribution in [2.75, 3.05) is 6.54 Å². The van der Waals surface area contributed by atoms with Gasteiger partial charge in [-0.05, 0) is 33.7 Å². The summed E-state index contributed by atoms with van der Waals surface area (Å²) in [6, 6.07) is 0.392. The number of rotatable bonds is 6. The van der Waals surface area contributed by atoms with Crippen LogP contribution in [0.25, 0.3) is 0 Å². The first-order valence-corrected chi connectivity index (χ1v) is 8.40. The monoisotopic (exact) mass is 295 g/mol. The third kappa shape index (κ3) is 3.84. The highest BCUT2D eigenvalue weighted by atomic mass is 32.1. The van der Waals surface area contributed by atoms with E-state index in [2.05, 4.69) is 41.4 Å². The molecule has 2 heterocycles. The van der Waals surface area contributed by atoms with Crippen molar-refractivity contribution in [3.63, 3.8) is 0 Å². The van der Waals surface area contributed by atoms with Crippen LogP contribution in [-0.2, 0) is 6.42 Å². The lowest BCUT2D eigenvalue weighted by Gasteiger charge is -2.11. The Balaban J connectivity index is 2.07. The van der Waals surface area contributed by atoms with Gasteiger partial charge in [-0.25, -0.2) is 9.97 Å². The Kier molecular flexibility index (Phi) is 5.07. The summed E-state index contributed by atoms with van der Waals surface area (Å²) in [5, 5.41) is 7.95. The van der Waals surface area contributed by atoms with Gasteiger partial charge in [0.2, 0.25) is 0 Å². The van der Waals surface area contributed by atoms with E-state index in [1.165, 1.54) is 9.88 Å². The fourth-order valence-corrected chi connectivity index (χ4v) is 3.76. The van der Waals surface area contributed by atoms with E-state index in [0.717, 1.165) is 35.8 Å². The molecule has 2 aromatic heterocycles. The van der Waals surface area contributed by atoms with E-state index < -0.39 is 0 Å². The zero-order valence-corrected chi connectivity index (χ0v) is 13.6. The Hall–Kier alpha value is -0.780. The van der Waals surface area contributed by atoms with Gasteiger partial charge in [0.05, 0.1) is 21.4 Å². The predicted octanol–water partition coefficient (Wildman–Crippen LogP) is 3.87. The molecule has 0 aromatic carbocycles. The van der Waals surface area contributed by atoms with Gasteiger partial charge in [0.1, 0.15) is 0 Å². The second kappa shape index (κ2) is 6.59. The lowest BCUT2D eigenvalue weighted by molar-refractivity contribution is 0.575. The molecule has 0 fully saturated rings. The summed E-state index contributed by atoms with van der Waals surface area (Å²) >= 11 is 3.52. The molecule has 0 saturated carbocycles. The van der Waals surface area contributed by atoms with Crippen LogP contribution in [0, 0.1) is 13.8 Å². The van der Waals surface area contributed by atoms with Crippen molar-refractivity contribution in [3.8, 4) is 0 Å². The molecule has 0 spiro atoms.